The number of hydrogen-bond acceptors (Lipinski definition) is 4. The maximum Gasteiger partial charge on any atom is 0.104 e. The maximum absolute atomic E-state index is 8.62. The van der Waals surface area contributed by atoms with Crippen LogP contribution < -0.4 is 5.73 Å². The Morgan fingerprint density at radius 1 is 1.57 bits per heavy atom. The Labute approximate surface area is 88.5 Å². The summed E-state index contributed by atoms with van der Waals surface area (Å²) in [5.74, 6) is 0. The number of rotatable bonds is 6. The molecular weight excluding hydrogens is 198 g/mol. The zero-order chi connectivity index (χ0) is 10.4. The third-order valence-electron chi connectivity index (χ3n) is 1.91. The summed E-state index contributed by atoms with van der Waals surface area (Å²) in [6.07, 6.45) is 0.654. The highest BCUT2D eigenvalue weighted by atomic mass is 32.1. The van der Waals surface area contributed by atoms with E-state index in [1.54, 1.807) is 11.3 Å². The van der Waals surface area contributed by atoms with Gasteiger partial charge in [0.25, 0.3) is 0 Å². The molecule has 0 spiro atoms. The fourth-order valence-electron chi connectivity index (χ4n) is 1.18. The van der Waals surface area contributed by atoms with Gasteiger partial charge in [0.2, 0.25) is 0 Å². The van der Waals surface area contributed by atoms with Crippen molar-refractivity contribution in [3.8, 4) is 0 Å². The molecule has 80 valence electrons. The van der Waals surface area contributed by atoms with Crippen LogP contribution in [0, 0.1) is 6.92 Å². The van der Waals surface area contributed by atoms with Gasteiger partial charge >= 0.3 is 0 Å². The molecule has 0 radical (unpaired) electrons. The first-order valence-electron chi connectivity index (χ1n) is 4.76. The van der Waals surface area contributed by atoms with Gasteiger partial charge in [0.1, 0.15) is 6.10 Å². The quantitative estimate of drug-likeness (QED) is 0.706. The van der Waals surface area contributed by atoms with Gasteiger partial charge in [0.05, 0.1) is 0 Å². The Bertz CT molecular complexity index is 262. The Balaban J connectivity index is 2.45. The molecular formula is C10H17NO2S. The van der Waals surface area contributed by atoms with E-state index < -0.39 is 0 Å². The van der Waals surface area contributed by atoms with Crippen molar-refractivity contribution in [2.24, 2.45) is 5.73 Å². The summed E-state index contributed by atoms with van der Waals surface area (Å²) in [5.41, 5.74) is 5.62. The minimum Gasteiger partial charge on any atom is -0.396 e. The van der Waals surface area contributed by atoms with Gasteiger partial charge in [-0.3, -0.25) is 0 Å². The van der Waals surface area contributed by atoms with E-state index in [2.05, 4.69) is 19.1 Å². The van der Waals surface area contributed by atoms with Crippen LogP contribution in [0.3, 0.4) is 0 Å². The fourth-order valence-corrected chi connectivity index (χ4v) is 2.12. The molecule has 1 aromatic heterocycles. The van der Waals surface area contributed by atoms with Crippen LogP contribution in [0.25, 0.3) is 0 Å². The Kier molecular flexibility index (Phi) is 5.11. The number of thiophene rings is 1. The molecule has 4 heteroatoms. The van der Waals surface area contributed by atoms with Gasteiger partial charge in [0, 0.05) is 29.5 Å². The maximum atomic E-state index is 8.62. The van der Waals surface area contributed by atoms with Crippen LogP contribution in [0.2, 0.25) is 0 Å². The van der Waals surface area contributed by atoms with E-state index in [0.29, 0.717) is 19.6 Å². The lowest BCUT2D eigenvalue weighted by molar-refractivity contribution is 0.0510. The minimum atomic E-state index is -0.0137. The van der Waals surface area contributed by atoms with E-state index in [4.69, 9.17) is 15.6 Å². The number of nitrogens with two attached hydrogens (primary N) is 1. The molecule has 3 N–H and O–H groups in total. The molecule has 0 saturated heterocycles. The third kappa shape index (κ3) is 3.38. The van der Waals surface area contributed by atoms with E-state index in [1.807, 2.05) is 0 Å². The predicted octanol–water partition coefficient (Wildman–Crippen LogP) is 1.46. The average Bonchev–Trinajstić information content (AvgIpc) is 2.60. The molecule has 1 aromatic rings. The number of ether oxygens (including phenoxy) is 1. The van der Waals surface area contributed by atoms with Crippen molar-refractivity contribution >= 4 is 11.3 Å². The van der Waals surface area contributed by atoms with Gasteiger partial charge in [0.15, 0.2) is 0 Å². The van der Waals surface area contributed by atoms with Crippen LogP contribution in [0.1, 0.15) is 22.3 Å². The van der Waals surface area contributed by atoms with Gasteiger partial charge in [-0.05, 0) is 25.5 Å². The van der Waals surface area contributed by atoms with Crippen molar-refractivity contribution in [2.75, 3.05) is 19.8 Å². The van der Waals surface area contributed by atoms with E-state index in [0.717, 1.165) is 0 Å². The molecule has 0 amide bonds. The SMILES string of the molecule is Cc1ccc(C(CN)OCCCO)s1. The van der Waals surface area contributed by atoms with Gasteiger partial charge in [-0.25, -0.2) is 0 Å². The summed E-state index contributed by atoms with van der Waals surface area (Å²) in [6, 6.07) is 4.12. The second kappa shape index (κ2) is 6.14. The summed E-state index contributed by atoms with van der Waals surface area (Å²) in [4.78, 5) is 2.44. The zero-order valence-electron chi connectivity index (χ0n) is 8.40. The van der Waals surface area contributed by atoms with Crippen molar-refractivity contribution in [1.82, 2.24) is 0 Å². The van der Waals surface area contributed by atoms with Crippen molar-refractivity contribution in [3.05, 3.63) is 21.9 Å². The van der Waals surface area contributed by atoms with Crippen LogP contribution in [0.5, 0.6) is 0 Å². The number of aliphatic hydroxyl groups excluding tert-OH is 1. The number of hydrogen-bond donors (Lipinski definition) is 2. The van der Waals surface area contributed by atoms with Crippen molar-refractivity contribution in [2.45, 2.75) is 19.4 Å². The molecule has 1 rings (SSSR count). The molecule has 0 bridgehead atoms. The standard InChI is InChI=1S/C10H17NO2S/c1-8-3-4-10(14-8)9(7-11)13-6-2-5-12/h3-4,9,12H,2,5-7,11H2,1H3. The second-order valence-electron chi connectivity index (χ2n) is 3.12. The summed E-state index contributed by atoms with van der Waals surface area (Å²) in [7, 11) is 0. The van der Waals surface area contributed by atoms with E-state index in [9.17, 15) is 0 Å². The van der Waals surface area contributed by atoms with Crippen molar-refractivity contribution in [1.29, 1.82) is 0 Å². The highest BCUT2D eigenvalue weighted by Gasteiger charge is 2.11. The highest BCUT2D eigenvalue weighted by molar-refractivity contribution is 7.12. The molecule has 0 aromatic carbocycles. The highest BCUT2D eigenvalue weighted by Crippen LogP contribution is 2.24. The van der Waals surface area contributed by atoms with E-state index in [-0.39, 0.29) is 12.7 Å². The molecule has 0 aliphatic heterocycles. The van der Waals surface area contributed by atoms with Gasteiger partial charge in [-0.15, -0.1) is 11.3 Å². The molecule has 0 aliphatic rings. The van der Waals surface area contributed by atoms with Gasteiger partial charge < -0.3 is 15.6 Å². The van der Waals surface area contributed by atoms with Crippen LogP contribution >= 0.6 is 11.3 Å². The number of aryl methyl sites for hydroxylation is 1. The summed E-state index contributed by atoms with van der Waals surface area (Å²) in [5, 5.41) is 8.62. The van der Waals surface area contributed by atoms with Crippen LogP contribution in [0.4, 0.5) is 0 Å². The summed E-state index contributed by atoms with van der Waals surface area (Å²) < 4.78 is 5.56. The minimum absolute atomic E-state index is 0.0137. The second-order valence-corrected chi connectivity index (χ2v) is 4.44. The first-order valence-corrected chi connectivity index (χ1v) is 5.58. The van der Waals surface area contributed by atoms with Crippen molar-refractivity contribution < 1.29 is 9.84 Å². The molecule has 1 atom stereocenters. The average molecular weight is 215 g/mol. The zero-order valence-corrected chi connectivity index (χ0v) is 9.22. The first kappa shape index (κ1) is 11.7. The summed E-state index contributed by atoms with van der Waals surface area (Å²) in [6.45, 7) is 3.29. The lowest BCUT2D eigenvalue weighted by atomic mass is 10.3. The Hall–Kier alpha value is -0.420. The fraction of sp³-hybridized carbons (Fsp3) is 0.600. The molecule has 0 saturated carbocycles. The van der Waals surface area contributed by atoms with Crippen molar-refractivity contribution in [3.63, 3.8) is 0 Å². The van der Waals surface area contributed by atoms with Crippen LogP contribution in [-0.4, -0.2) is 24.9 Å². The predicted molar refractivity (Wildman–Crippen MR) is 58.5 cm³/mol. The topological polar surface area (TPSA) is 55.5 Å². The Morgan fingerprint density at radius 3 is 2.86 bits per heavy atom. The molecule has 3 nitrogen and oxygen atoms in total. The monoisotopic (exact) mass is 215 g/mol. The van der Waals surface area contributed by atoms with Crippen LogP contribution in [-0.2, 0) is 4.74 Å². The molecule has 0 aliphatic carbocycles. The Morgan fingerprint density at radius 2 is 2.36 bits per heavy atom. The largest absolute Gasteiger partial charge is 0.396 e. The third-order valence-corrected chi connectivity index (χ3v) is 3.01. The van der Waals surface area contributed by atoms with E-state index >= 15 is 0 Å². The normalized spacial score (nSPS) is 13.1. The van der Waals surface area contributed by atoms with Gasteiger partial charge in [-0.1, -0.05) is 0 Å². The number of aliphatic hydroxyl groups is 1. The smallest absolute Gasteiger partial charge is 0.104 e. The molecule has 1 unspecified atom stereocenters. The summed E-state index contributed by atoms with van der Waals surface area (Å²) >= 11 is 1.71. The lowest BCUT2D eigenvalue weighted by Crippen LogP contribution is -2.15. The van der Waals surface area contributed by atoms with Gasteiger partial charge in [-0.2, -0.15) is 0 Å². The molecule has 0 fully saturated rings. The first-order chi connectivity index (χ1) is 6.77. The lowest BCUT2D eigenvalue weighted by Gasteiger charge is -2.13. The molecule has 1 heterocycles. The van der Waals surface area contributed by atoms with Crippen LogP contribution in [0.15, 0.2) is 12.1 Å². The van der Waals surface area contributed by atoms with E-state index in [1.165, 1.54) is 9.75 Å². The molecule has 14 heavy (non-hydrogen) atoms.